The maximum Gasteiger partial charge on any atom is 0.0922 e. The average molecular weight is 238 g/mol. The molecule has 2 atom stereocenters. The van der Waals surface area contributed by atoms with E-state index in [-0.39, 0.29) is 0 Å². The van der Waals surface area contributed by atoms with Gasteiger partial charge in [0.25, 0.3) is 0 Å². The van der Waals surface area contributed by atoms with Crippen LogP contribution in [0, 0.1) is 5.92 Å². The van der Waals surface area contributed by atoms with Crippen LogP contribution in [0.3, 0.4) is 0 Å². The fourth-order valence-electron chi connectivity index (χ4n) is 2.43. The largest absolute Gasteiger partial charge is 0.372 e. The molecule has 2 heterocycles. The summed E-state index contributed by atoms with van der Waals surface area (Å²) in [5.41, 5.74) is 1.53. The monoisotopic (exact) mass is 238 g/mol. The SMILES string of the molecule is CCCC[C@@H](C)C[C@@H]1OCCc2ccsc21. The van der Waals surface area contributed by atoms with Crippen LogP contribution in [-0.2, 0) is 11.2 Å². The van der Waals surface area contributed by atoms with Crippen molar-refractivity contribution in [3.05, 3.63) is 21.9 Å². The van der Waals surface area contributed by atoms with Crippen molar-refractivity contribution in [3.63, 3.8) is 0 Å². The molecule has 2 rings (SSSR count). The molecule has 16 heavy (non-hydrogen) atoms. The van der Waals surface area contributed by atoms with Crippen molar-refractivity contribution in [2.75, 3.05) is 6.61 Å². The molecule has 0 radical (unpaired) electrons. The predicted octanol–water partition coefficient (Wildman–Crippen LogP) is 4.58. The summed E-state index contributed by atoms with van der Waals surface area (Å²) in [6.45, 7) is 5.54. The minimum absolute atomic E-state index is 0.385. The highest BCUT2D eigenvalue weighted by atomic mass is 32.1. The number of fused-ring (bicyclic) bond motifs is 1. The van der Waals surface area contributed by atoms with E-state index in [0.717, 1.165) is 18.9 Å². The van der Waals surface area contributed by atoms with Gasteiger partial charge in [-0.05, 0) is 35.8 Å². The van der Waals surface area contributed by atoms with Gasteiger partial charge >= 0.3 is 0 Å². The topological polar surface area (TPSA) is 9.23 Å². The van der Waals surface area contributed by atoms with Crippen molar-refractivity contribution in [1.29, 1.82) is 0 Å². The molecular weight excluding hydrogens is 216 g/mol. The third-order valence-electron chi connectivity index (χ3n) is 3.43. The normalized spacial score (nSPS) is 21.8. The Morgan fingerprint density at radius 2 is 2.44 bits per heavy atom. The van der Waals surface area contributed by atoms with Crippen molar-refractivity contribution < 1.29 is 4.74 Å². The zero-order valence-electron chi connectivity index (χ0n) is 10.4. The van der Waals surface area contributed by atoms with Crippen LogP contribution in [-0.4, -0.2) is 6.61 Å². The van der Waals surface area contributed by atoms with Crippen LogP contribution in [0.4, 0.5) is 0 Å². The van der Waals surface area contributed by atoms with E-state index in [2.05, 4.69) is 25.3 Å². The van der Waals surface area contributed by atoms with Gasteiger partial charge in [0.15, 0.2) is 0 Å². The molecule has 0 bridgehead atoms. The first-order valence-corrected chi connectivity index (χ1v) is 7.37. The number of hydrogen-bond acceptors (Lipinski definition) is 2. The highest BCUT2D eigenvalue weighted by molar-refractivity contribution is 7.10. The molecule has 0 aliphatic carbocycles. The molecule has 1 aliphatic rings. The Kier molecular flexibility index (Phi) is 4.42. The molecule has 90 valence electrons. The van der Waals surface area contributed by atoms with E-state index in [4.69, 9.17) is 4.74 Å². The minimum atomic E-state index is 0.385. The molecule has 0 unspecified atom stereocenters. The zero-order valence-corrected chi connectivity index (χ0v) is 11.2. The summed E-state index contributed by atoms with van der Waals surface area (Å²) in [7, 11) is 0. The Morgan fingerprint density at radius 1 is 1.56 bits per heavy atom. The number of thiophene rings is 1. The fourth-order valence-corrected chi connectivity index (χ4v) is 3.45. The van der Waals surface area contributed by atoms with Gasteiger partial charge in [0.2, 0.25) is 0 Å². The minimum Gasteiger partial charge on any atom is -0.372 e. The lowest BCUT2D eigenvalue weighted by atomic mass is 9.94. The van der Waals surface area contributed by atoms with Gasteiger partial charge in [-0.2, -0.15) is 0 Å². The third kappa shape index (κ3) is 2.86. The maximum absolute atomic E-state index is 5.92. The predicted molar refractivity (Wildman–Crippen MR) is 70.0 cm³/mol. The van der Waals surface area contributed by atoms with E-state index in [1.54, 1.807) is 0 Å². The molecular formula is C14H22OS. The standard InChI is InChI=1S/C14H22OS/c1-3-4-5-11(2)10-13-14-12(6-8-15-13)7-9-16-14/h7,9,11,13H,3-6,8,10H2,1-2H3/t11-,13+/m1/s1. The molecule has 0 amide bonds. The van der Waals surface area contributed by atoms with Crippen molar-refractivity contribution >= 4 is 11.3 Å². The fraction of sp³-hybridized carbons (Fsp3) is 0.714. The van der Waals surface area contributed by atoms with Crippen LogP contribution in [0.25, 0.3) is 0 Å². The van der Waals surface area contributed by atoms with Crippen LogP contribution in [0.5, 0.6) is 0 Å². The molecule has 1 aliphatic heterocycles. The summed E-state index contributed by atoms with van der Waals surface area (Å²) < 4.78 is 5.92. The van der Waals surface area contributed by atoms with Gasteiger partial charge in [0.05, 0.1) is 12.7 Å². The highest BCUT2D eigenvalue weighted by Crippen LogP contribution is 2.36. The smallest absolute Gasteiger partial charge is 0.0922 e. The first-order chi connectivity index (χ1) is 7.81. The average Bonchev–Trinajstić information content (AvgIpc) is 2.75. The molecule has 0 aromatic carbocycles. The van der Waals surface area contributed by atoms with Gasteiger partial charge in [0.1, 0.15) is 0 Å². The van der Waals surface area contributed by atoms with E-state index in [1.165, 1.54) is 36.1 Å². The second kappa shape index (κ2) is 5.83. The number of rotatable bonds is 5. The quantitative estimate of drug-likeness (QED) is 0.729. The van der Waals surface area contributed by atoms with Crippen LogP contribution < -0.4 is 0 Å². The Morgan fingerprint density at radius 3 is 3.25 bits per heavy atom. The van der Waals surface area contributed by atoms with Gasteiger partial charge in [-0.25, -0.2) is 0 Å². The zero-order chi connectivity index (χ0) is 11.4. The molecule has 0 saturated carbocycles. The maximum atomic E-state index is 5.92. The van der Waals surface area contributed by atoms with E-state index in [9.17, 15) is 0 Å². The molecule has 2 heteroatoms. The Balaban J connectivity index is 1.92. The Bertz CT molecular complexity index is 318. The van der Waals surface area contributed by atoms with Crippen LogP contribution in [0.1, 0.15) is 56.1 Å². The van der Waals surface area contributed by atoms with Gasteiger partial charge in [-0.15, -0.1) is 11.3 Å². The van der Waals surface area contributed by atoms with Gasteiger partial charge in [0, 0.05) is 4.88 Å². The van der Waals surface area contributed by atoms with Crippen LogP contribution in [0.15, 0.2) is 11.4 Å². The lowest BCUT2D eigenvalue weighted by Gasteiger charge is -2.25. The summed E-state index contributed by atoms with van der Waals surface area (Å²) in [6.07, 6.45) is 6.70. The number of ether oxygens (including phenoxy) is 1. The van der Waals surface area contributed by atoms with E-state index in [1.807, 2.05) is 11.3 Å². The number of unbranched alkanes of at least 4 members (excludes halogenated alkanes) is 1. The van der Waals surface area contributed by atoms with Crippen molar-refractivity contribution in [3.8, 4) is 0 Å². The summed E-state index contributed by atoms with van der Waals surface area (Å²) in [5, 5.41) is 2.21. The van der Waals surface area contributed by atoms with E-state index >= 15 is 0 Å². The molecule has 1 aromatic heterocycles. The molecule has 1 nitrogen and oxygen atoms in total. The second-order valence-corrected chi connectivity index (χ2v) is 5.85. The number of hydrogen-bond donors (Lipinski definition) is 0. The third-order valence-corrected chi connectivity index (χ3v) is 4.48. The van der Waals surface area contributed by atoms with E-state index in [0.29, 0.717) is 6.10 Å². The van der Waals surface area contributed by atoms with Crippen molar-refractivity contribution in [1.82, 2.24) is 0 Å². The van der Waals surface area contributed by atoms with Crippen molar-refractivity contribution in [2.45, 2.75) is 52.1 Å². The van der Waals surface area contributed by atoms with Gasteiger partial charge < -0.3 is 4.74 Å². The lowest BCUT2D eigenvalue weighted by molar-refractivity contribution is 0.0289. The summed E-state index contributed by atoms with van der Waals surface area (Å²) in [5.74, 6) is 0.790. The molecule has 0 fully saturated rings. The van der Waals surface area contributed by atoms with Crippen LogP contribution >= 0.6 is 11.3 Å². The first kappa shape index (κ1) is 12.1. The van der Waals surface area contributed by atoms with E-state index < -0.39 is 0 Å². The molecule has 0 spiro atoms. The van der Waals surface area contributed by atoms with Crippen LogP contribution in [0.2, 0.25) is 0 Å². The molecule has 0 N–H and O–H groups in total. The van der Waals surface area contributed by atoms with Gasteiger partial charge in [-0.1, -0.05) is 33.1 Å². The second-order valence-electron chi connectivity index (χ2n) is 4.90. The molecule has 1 aromatic rings. The lowest BCUT2D eigenvalue weighted by Crippen LogP contribution is -2.16. The molecule has 0 saturated heterocycles. The Labute approximate surface area is 103 Å². The Hall–Kier alpha value is -0.340. The van der Waals surface area contributed by atoms with Crippen molar-refractivity contribution in [2.24, 2.45) is 5.92 Å². The summed E-state index contributed by atoms with van der Waals surface area (Å²) >= 11 is 1.87. The first-order valence-electron chi connectivity index (χ1n) is 6.49. The summed E-state index contributed by atoms with van der Waals surface area (Å²) in [4.78, 5) is 1.49. The highest BCUT2D eigenvalue weighted by Gasteiger charge is 2.23. The van der Waals surface area contributed by atoms with Gasteiger partial charge in [-0.3, -0.25) is 0 Å². The summed E-state index contributed by atoms with van der Waals surface area (Å²) in [6, 6.07) is 2.27.